The van der Waals surface area contributed by atoms with Crippen molar-refractivity contribution in [2.75, 3.05) is 24.1 Å². The second-order valence-electron chi connectivity index (χ2n) is 7.00. The van der Waals surface area contributed by atoms with Crippen molar-refractivity contribution >= 4 is 21.6 Å². The molecule has 1 amide bonds. The number of hydrogen-bond acceptors (Lipinski definition) is 3. The zero-order chi connectivity index (χ0) is 18.7. The van der Waals surface area contributed by atoms with E-state index in [-0.39, 0.29) is 12.3 Å². The van der Waals surface area contributed by atoms with Crippen molar-refractivity contribution in [1.82, 2.24) is 4.90 Å². The molecule has 3 rings (SSSR count). The number of hydrogen-bond donors (Lipinski definition) is 1. The first-order chi connectivity index (χ1) is 12.3. The van der Waals surface area contributed by atoms with Crippen molar-refractivity contribution in [2.45, 2.75) is 19.8 Å². The minimum absolute atomic E-state index is 0.0359. The van der Waals surface area contributed by atoms with Crippen molar-refractivity contribution in [3.05, 3.63) is 65.2 Å². The highest BCUT2D eigenvalue weighted by atomic mass is 32.2. The van der Waals surface area contributed by atoms with E-state index in [0.717, 1.165) is 25.8 Å². The van der Waals surface area contributed by atoms with Crippen LogP contribution in [0.4, 0.5) is 5.69 Å². The molecule has 1 saturated heterocycles. The third-order valence-electron chi connectivity index (χ3n) is 4.73. The summed E-state index contributed by atoms with van der Waals surface area (Å²) in [6.07, 6.45) is 2.30. The van der Waals surface area contributed by atoms with Gasteiger partial charge in [0.25, 0.3) is 0 Å². The molecular formula is C20H24N2O3S. The van der Waals surface area contributed by atoms with E-state index in [4.69, 9.17) is 0 Å². The molecule has 0 aliphatic carbocycles. The Bertz CT molecular complexity index is 903. The van der Waals surface area contributed by atoms with E-state index in [1.165, 1.54) is 11.1 Å². The summed E-state index contributed by atoms with van der Waals surface area (Å²) in [5.74, 6) is 0.526. The first kappa shape index (κ1) is 18.5. The fourth-order valence-corrected chi connectivity index (χ4v) is 3.90. The van der Waals surface area contributed by atoms with Gasteiger partial charge < -0.3 is 4.90 Å². The fraction of sp³-hybridized carbons (Fsp3) is 0.350. The molecule has 0 radical (unpaired) electrons. The van der Waals surface area contributed by atoms with E-state index in [9.17, 15) is 13.2 Å². The van der Waals surface area contributed by atoms with Crippen LogP contribution in [0.15, 0.2) is 48.5 Å². The van der Waals surface area contributed by atoms with Gasteiger partial charge in [-0.25, -0.2) is 8.42 Å². The minimum atomic E-state index is -3.37. The molecule has 1 aliphatic rings. The van der Waals surface area contributed by atoms with Crippen molar-refractivity contribution in [3.63, 3.8) is 0 Å². The number of nitrogens with zero attached hydrogens (tertiary/aromatic N) is 1. The van der Waals surface area contributed by atoms with Crippen LogP contribution < -0.4 is 4.72 Å². The summed E-state index contributed by atoms with van der Waals surface area (Å²) in [5.41, 5.74) is 3.80. The first-order valence-corrected chi connectivity index (χ1v) is 10.6. The average Bonchev–Trinajstić information content (AvgIpc) is 2.52. The second-order valence-corrected chi connectivity index (χ2v) is 8.75. The molecule has 2 aromatic carbocycles. The Kier molecular flexibility index (Phi) is 5.32. The Morgan fingerprint density at radius 1 is 1.08 bits per heavy atom. The van der Waals surface area contributed by atoms with Gasteiger partial charge in [-0.05, 0) is 42.0 Å². The first-order valence-electron chi connectivity index (χ1n) is 8.70. The van der Waals surface area contributed by atoms with Crippen molar-refractivity contribution in [1.29, 1.82) is 0 Å². The number of amides is 1. The zero-order valence-corrected chi connectivity index (χ0v) is 15.9. The van der Waals surface area contributed by atoms with Gasteiger partial charge in [0, 0.05) is 13.1 Å². The van der Waals surface area contributed by atoms with Gasteiger partial charge in [0.2, 0.25) is 15.9 Å². The number of likely N-dealkylation sites (tertiary alicyclic amines) is 1. The smallest absolute Gasteiger partial charge is 0.229 e. The topological polar surface area (TPSA) is 66.5 Å². The Balaban J connectivity index is 1.57. The van der Waals surface area contributed by atoms with Gasteiger partial charge >= 0.3 is 0 Å². The minimum Gasteiger partial charge on any atom is -0.342 e. The molecule has 5 nitrogen and oxygen atoms in total. The molecule has 1 fully saturated rings. The third kappa shape index (κ3) is 4.64. The van der Waals surface area contributed by atoms with Crippen LogP contribution in [0, 0.1) is 12.8 Å². The summed E-state index contributed by atoms with van der Waals surface area (Å²) >= 11 is 0. The largest absolute Gasteiger partial charge is 0.342 e. The van der Waals surface area contributed by atoms with Crippen LogP contribution in [0.1, 0.15) is 16.7 Å². The number of para-hydroxylation sites is 1. The predicted molar refractivity (Wildman–Crippen MR) is 104 cm³/mol. The maximum Gasteiger partial charge on any atom is 0.229 e. The maximum atomic E-state index is 12.5. The quantitative estimate of drug-likeness (QED) is 0.848. The van der Waals surface area contributed by atoms with E-state index in [1.54, 1.807) is 18.2 Å². The molecule has 0 saturated carbocycles. The van der Waals surface area contributed by atoms with Crippen molar-refractivity contribution in [3.8, 4) is 0 Å². The van der Waals surface area contributed by atoms with Crippen LogP contribution in [0.2, 0.25) is 0 Å². The highest BCUT2D eigenvalue weighted by Crippen LogP contribution is 2.24. The number of aryl methyl sites for hydroxylation is 1. The number of rotatable bonds is 6. The molecule has 0 atom stereocenters. The molecule has 6 heteroatoms. The lowest BCUT2D eigenvalue weighted by atomic mass is 9.90. The molecule has 0 unspecified atom stereocenters. The van der Waals surface area contributed by atoms with Gasteiger partial charge in [-0.2, -0.15) is 0 Å². The maximum absolute atomic E-state index is 12.5. The number of nitrogens with one attached hydrogen (secondary N) is 1. The summed E-state index contributed by atoms with van der Waals surface area (Å²) in [6.45, 7) is 3.63. The SMILES string of the molecule is Cc1ccccc1CC1CN(C(=O)Cc2ccccc2NS(C)(=O)=O)C1. The summed E-state index contributed by atoms with van der Waals surface area (Å²) < 4.78 is 25.4. The van der Waals surface area contributed by atoms with Crippen LogP contribution in [0.3, 0.4) is 0 Å². The Labute approximate surface area is 155 Å². The van der Waals surface area contributed by atoms with Crippen molar-refractivity contribution < 1.29 is 13.2 Å². The van der Waals surface area contributed by atoms with Gasteiger partial charge in [-0.3, -0.25) is 9.52 Å². The number of sulfonamides is 1. The summed E-state index contributed by atoms with van der Waals surface area (Å²) in [6, 6.07) is 15.4. The lowest BCUT2D eigenvalue weighted by Gasteiger charge is -2.40. The molecule has 138 valence electrons. The van der Waals surface area contributed by atoms with Crippen LogP contribution in [0.25, 0.3) is 0 Å². The fourth-order valence-electron chi connectivity index (χ4n) is 3.30. The molecule has 1 N–H and O–H groups in total. The van der Waals surface area contributed by atoms with Crippen LogP contribution >= 0.6 is 0 Å². The summed E-state index contributed by atoms with van der Waals surface area (Å²) in [4.78, 5) is 14.4. The molecule has 0 spiro atoms. The van der Waals surface area contributed by atoms with E-state index in [2.05, 4.69) is 29.8 Å². The Morgan fingerprint density at radius 2 is 1.69 bits per heavy atom. The van der Waals surface area contributed by atoms with Gasteiger partial charge in [0.15, 0.2) is 0 Å². The van der Waals surface area contributed by atoms with Crippen LogP contribution in [0.5, 0.6) is 0 Å². The monoisotopic (exact) mass is 372 g/mol. The lowest BCUT2D eigenvalue weighted by Crippen LogP contribution is -2.51. The molecule has 1 aliphatic heterocycles. The van der Waals surface area contributed by atoms with Crippen molar-refractivity contribution in [2.24, 2.45) is 5.92 Å². The molecule has 2 aromatic rings. The number of carbonyl (C=O) groups excluding carboxylic acids is 1. The van der Waals surface area contributed by atoms with Crippen LogP contribution in [-0.4, -0.2) is 38.6 Å². The van der Waals surface area contributed by atoms with Gasteiger partial charge in [0.05, 0.1) is 18.4 Å². The molecule has 1 heterocycles. The molecule has 0 bridgehead atoms. The number of carbonyl (C=O) groups is 1. The molecule has 26 heavy (non-hydrogen) atoms. The zero-order valence-electron chi connectivity index (χ0n) is 15.1. The summed E-state index contributed by atoms with van der Waals surface area (Å²) in [5, 5.41) is 0. The van der Waals surface area contributed by atoms with Gasteiger partial charge in [-0.15, -0.1) is 0 Å². The predicted octanol–water partition coefficient (Wildman–Crippen LogP) is 2.61. The highest BCUT2D eigenvalue weighted by Gasteiger charge is 2.31. The van der Waals surface area contributed by atoms with Gasteiger partial charge in [0.1, 0.15) is 0 Å². The third-order valence-corrected chi connectivity index (χ3v) is 5.32. The Hall–Kier alpha value is -2.34. The molecular weight excluding hydrogens is 348 g/mol. The van der Waals surface area contributed by atoms with E-state index in [1.807, 2.05) is 17.0 Å². The van der Waals surface area contributed by atoms with E-state index in [0.29, 0.717) is 17.2 Å². The highest BCUT2D eigenvalue weighted by molar-refractivity contribution is 7.92. The number of benzene rings is 2. The second kappa shape index (κ2) is 7.50. The summed E-state index contributed by atoms with van der Waals surface area (Å²) in [7, 11) is -3.37. The van der Waals surface area contributed by atoms with E-state index >= 15 is 0 Å². The number of anilines is 1. The lowest BCUT2D eigenvalue weighted by molar-refractivity contribution is -0.136. The average molecular weight is 372 g/mol. The standard InChI is InChI=1S/C20H24N2O3S/c1-15-7-3-4-8-17(15)11-16-13-22(14-16)20(23)12-18-9-5-6-10-19(18)21-26(2,24)25/h3-10,16,21H,11-14H2,1-2H3. The molecule has 0 aromatic heterocycles. The van der Waals surface area contributed by atoms with E-state index < -0.39 is 10.0 Å². The van der Waals surface area contributed by atoms with Gasteiger partial charge in [-0.1, -0.05) is 42.5 Å². The van der Waals surface area contributed by atoms with Crippen LogP contribution in [-0.2, 0) is 27.7 Å². The normalized spacial score (nSPS) is 14.8. The Morgan fingerprint density at radius 3 is 2.35 bits per heavy atom.